The minimum atomic E-state index is -1.10. The van der Waals surface area contributed by atoms with Gasteiger partial charge < -0.3 is 10.1 Å². The number of anilines is 1. The van der Waals surface area contributed by atoms with E-state index in [-0.39, 0.29) is 20.6 Å². The average Bonchev–Trinajstić information content (AvgIpc) is 2.53. The van der Waals surface area contributed by atoms with Crippen LogP contribution in [0.1, 0.15) is 17.3 Å². The molecule has 0 bridgehead atoms. The zero-order chi connectivity index (χ0) is 17.9. The van der Waals surface area contributed by atoms with Crippen molar-refractivity contribution < 1.29 is 14.3 Å². The number of carbonyl (C=O) groups excluding carboxylic acids is 2. The molecule has 0 saturated heterocycles. The summed E-state index contributed by atoms with van der Waals surface area (Å²) in [4.78, 5) is 24.3. The SMILES string of the molecule is CC(OC(=O)c1c(Cl)ccc(Cl)c1Cl)C(=O)Nc1ccccc1Cl. The minimum absolute atomic E-state index is 0.0344. The van der Waals surface area contributed by atoms with Crippen molar-refractivity contribution in [2.45, 2.75) is 13.0 Å². The van der Waals surface area contributed by atoms with Gasteiger partial charge in [0, 0.05) is 0 Å². The fourth-order valence-electron chi connectivity index (χ4n) is 1.78. The van der Waals surface area contributed by atoms with Crippen molar-refractivity contribution in [2.24, 2.45) is 0 Å². The Labute approximate surface area is 158 Å². The zero-order valence-corrected chi connectivity index (χ0v) is 15.3. The Morgan fingerprint density at radius 2 is 1.58 bits per heavy atom. The summed E-state index contributed by atoms with van der Waals surface area (Å²) in [7, 11) is 0. The lowest BCUT2D eigenvalue weighted by Crippen LogP contribution is -2.30. The van der Waals surface area contributed by atoms with Crippen LogP contribution in [0.25, 0.3) is 0 Å². The lowest BCUT2D eigenvalue weighted by Gasteiger charge is -2.15. The summed E-state index contributed by atoms with van der Waals surface area (Å²) in [6.07, 6.45) is -1.10. The molecule has 24 heavy (non-hydrogen) atoms. The molecule has 0 aliphatic rings. The molecule has 0 fully saturated rings. The van der Waals surface area contributed by atoms with E-state index in [1.165, 1.54) is 19.1 Å². The second-order valence-corrected chi connectivity index (χ2v) is 6.33. The second kappa shape index (κ2) is 8.08. The molecule has 1 unspecified atom stereocenters. The molecule has 0 aliphatic heterocycles. The maximum atomic E-state index is 12.2. The zero-order valence-electron chi connectivity index (χ0n) is 12.3. The van der Waals surface area contributed by atoms with Crippen LogP contribution in [-0.4, -0.2) is 18.0 Å². The number of ether oxygens (including phenoxy) is 1. The lowest BCUT2D eigenvalue weighted by molar-refractivity contribution is -0.123. The van der Waals surface area contributed by atoms with Crippen molar-refractivity contribution in [1.29, 1.82) is 0 Å². The van der Waals surface area contributed by atoms with Gasteiger partial charge in [-0.15, -0.1) is 0 Å². The molecule has 0 radical (unpaired) electrons. The van der Waals surface area contributed by atoms with E-state index in [0.29, 0.717) is 10.7 Å². The van der Waals surface area contributed by atoms with E-state index in [1.54, 1.807) is 24.3 Å². The van der Waals surface area contributed by atoms with Gasteiger partial charge in [-0.3, -0.25) is 4.79 Å². The van der Waals surface area contributed by atoms with Gasteiger partial charge in [0.1, 0.15) is 0 Å². The van der Waals surface area contributed by atoms with Crippen molar-refractivity contribution in [1.82, 2.24) is 0 Å². The van der Waals surface area contributed by atoms with E-state index in [9.17, 15) is 9.59 Å². The van der Waals surface area contributed by atoms with Gasteiger partial charge in [-0.05, 0) is 31.2 Å². The normalized spacial score (nSPS) is 11.7. The summed E-state index contributed by atoms with van der Waals surface area (Å²) in [5.41, 5.74) is 0.314. The number of hydrogen-bond donors (Lipinski definition) is 1. The average molecular weight is 407 g/mol. The molecule has 8 heteroatoms. The lowest BCUT2D eigenvalue weighted by atomic mass is 10.2. The Balaban J connectivity index is 2.11. The minimum Gasteiger partial charge on any atom is -0.449 e. The van der Waals surface area contributed by atoms with Gasteiger partial charge in [0.2, 0.25) is 0 Å². The highest BCUT2D eigenvalue weighted by molar-refractivity contribution is 6.46. The van der Waals surface area contributed by atoms with Crippen molar-refractivity contribution in [3.05, 3.63) is 62.1 Å². The number of hydrogen-bond acceptors (Lipinski definition) is 3. The fraction of sp³-hybridized carbons (Fsp3) is 0.125. The van der Waals surface area contributed by atoms with Crippen LogP contribution < -0.4 is 5.32 Å². The standard InChI is InChI=1S/C16H11Cl4NO3/c1-8(15(22)21-12-5-3-2-4-9(12)17)24-16(23)13-10(18)6-7-11(19)14(13)20/h2-8H,1H3,(H,21,22). The van der Waals surface area contributed by atoms with E-state index in [1.807, 2.05) is 0 Å². The molecule has 0 heterocycles. The van der Waals surface area contributed by atoms with E-state index in [0.717, 1.165) is 0 Å². The third-order valence-electron chi connectivity index (χ3n) is 3.03. The van der Waals surface area contributed by atoms with Crippen LogP contribution in [0.4, 0.5) is 5.69 Å². The number of carbonyl (C=O) groups is 2. The van der Waals surface area contributed by atoms with E-state index in [2.05, 4.69) is 5.32 Å². The van der Waals surface area contributed by atoms with Crippen LogP contribution in [0, 0.1) is 0 Å². The largest absolute Gasteiger partial charge is 0.449 e. The molecule has 1 amide bonds. The number of nitrogens with one attached hydrogen (secondary N) is 1. The summed E-state index contributed by atoms with van der Waals surface area (Å²) < 4.78 is 5.11. The molecule has 0 aromatic heterocycles. The molecule has 1 N–H and O–H groups in total. The Hall–Kier alpha value is -1.46. The van der Waals surface area contributed by atoms with Crippen molar-refractivity contribution in [3.8, 4) is 0 Å². The quantitative estimate of drug-likeness (QED) is 0.539. The van der Waals surface area contributed by atoms with Gasteiger partial charge in [-0.25, -0.2) is 4.79 Å². The Morgan fingerprint density at radius 1 is 0.958 bits per heavy atom. The van der Waals surface area contributed by atoms with E-state index in [4.69, 9.17) is 51.1 Å². The number of amides is 1. The topological polar surface area (TPSA) is 55.4 Å². The molecule has 2 aromatic carbocycles. The molecular formula is C16H11Cl4NO3. The van der Waals surface area contributed by atoms with Crippen LogP contribution in [0.3, 0.4) is 0 Å². The summed E-state index contributed by atoms with van der Waals surface area (Å²) in [5, 5.41) is 3.13. The van der Waals surface area contributed by atoms with Crippen molar-refractivity contribution >= 4 is 64.0 Å². The third kappa shape index (κ3) is 4.33. The maximum Gasteiger partial charge on any atom is 0.342 e. The smallest absolute Gasteiger partial charge is 0.342 e. The van der Waals surface area contributed by atoms with Crippen molar-refractivity contribution in [2.75, 3.05) is 5.32 Å². The van der Waals surface area contributed by atoms with Gasteiger partial charge in [-0.1, -0.05) is 58.5 Å². The molecule has 0 spiro atoms. The van der Waals surface area contributed by atoms with Crippen LogP contribution in [0.5, 0.6) is 0 Å². The molecule has 2 rings (SSSR count). The number of benzene rings is 2. The summed E-state index contributed by atoms with van der Waals surface area (Å²) in [6, 6.07) is 9.56. The van der Waals surface area contributed by atoms with E-state index >= 15 is 0 Å². The van der Waals surface area contributed by atoms with Gasteiger partial charge >= 0.3 is 5.97 Å². The third-order valence-corrected chi connectivity index (χ3v) is 4.48. The van der Waals surface area contributed by atoms with Gasteiger partial charge in [0.05, 0.1) is 31.3 Å². The van der Waals surface area contributed by atoms with Crippen LogP contribution in [0.2, 0.25) is 20.1 Å². The Morgan fingerprint density at radius 3 is 2.25 bits per heavy atom. The number of para-hydroxylation sites is 1. The monoisotopic (exact) mass is 405 g/mol. The van der Waals surface area contributed by atoms with Gasteiger partial charge in [0.15, 0.2) is 6.10 Å². The first-order chi connectivity index (χ1) is 11.3. The predicted octanol–water partition coefficient (Wildman–Crippen LogP) is 5.48. The van der Waals surface area contributed by atoms with Crippen LogP contribution >= 0.6 is 46.4 Å². The summed E-state index contributed by atoms with van der Waals surface area (Å²) in [6.45, 7) is 1.41. The first-order valence-electron chi connectivity index (χ1n) is 6.71. The highest BCUT2D eigenvalue weighted by Crippen LogP contribution is 2.32. The maximum absolute atomic E-state index is 12.2. The summed E-state index contributed by atoms with van der Waals surface area (Å²) in [5.74, 6) is -1.40. The molecule has 1 atom stereocenters. The first kappa shape index (κ1) is 18.9. The van der Waals surface area contributed by atoms with Gasteiger partial charge in [-0.2, -0.15) is 0 Å². The first-order valence-corrected chi connectivity index (χ1v) is 8.22. The molecule has 0 saturated carbocycles. The highest BCUT2D eigenvalue weighted by Gasteiger charge is 2.24. The number of rotatable bonds is 4. The second-order valence-electron chi connectivity index (χ2n) is 4.73. The Bertz CT molecular complexity index is 795. The molecule has 2 aromatic rings. The van der Waals surface area contributed by atoms with Crippen LogP contribution in [0.15, 0.2) is 36.4 Å². The fourth-order valence-corrected chi connectivity index (χ4v) is 2.65. The predicted molar refractivity (Wildman–Crippen MR) is 96.4 cm³/mol. The molecule has 4 nitrogen and oxygen atoms in total. The van der Waals surface area contributed by atoms with E-state index < -0.39 is 18.0 Å². The Kier molecular flexibility index (Phi) is 6.35. The number of halogens is 4. The summed E-state index contributed by atoms with van der Waals surface area (Å²) >= 11 is 23.7. The molecular weight excluding hydrogens is 396 g/mol. The van der Waals surface area contributed by atoms with Gasteiger partial charge in [0.25, 0.3) is 5.91 Å². The molecule has 0 aliphatic carbocycles. The molecule has 126 valence electrons. The van der Waals surface area contributed by atoms with Crippen molar-refractivity contribution in [3.63, 3.8) is 0 Å². The number of esters is 1. The van der Waals surface area contributed by atoms with Crippen LogP contribution in [-0.2, 0) is 9.53 Å². The highest BCUT2D eigenvalue weighted by atomic mass is 35.5.